The van der Waals surface area contributed by atoms with E-state index in [0.717, 1.165) is 21.5 Å². The lowest BCUT2D eigenvalue weighted by Crippen LogP contribution is -2.53. The Hall–Kier alpha value is -4.16. The van der Waals surface area contributed by atoms with E-state index in [1.807, 2.05) is 45.0 Å². The number of nitrogens with one attached hydrogen (secondary N) is 1. The van der Waals surface area contributed by atoms with E-state index in [1.165, 1.54) is 49.3 Å². The molecule has 0 radical (unpaired) electrons. The number of rotatable bonds is 14. The van der Waals surface area contributed by atoms with Crippen LogP contribution < -0.4 is 14.4 Å². The third-order valence-electron chi connectivity index (χ3n) is 7.64. The van der Waals surface area contributed by atoms with E-state index in [-0.39, 0.29) is 46.9 Å². The van der Waals surface area contributed by atoms with Gasteiger partial charge in [-0.05, 0) is 69.0 Å². The minimum atomic E-state index is -4.62. The molecule has 242 valence electrons. The summed E-state index contributed by atoms with van der Waals surface area (Å²) in [5, 5.41) is 14.8. The third-order valence-corrected chi connectivity index (χ3v) is 9.63. The molecule has 0 bridgehead atoms. The molecule has 2 atom stereocenters. The van der Waals surface area contributed by atoms with E-state index in [1.54, 1.807) is 6.92 Å². The molecule has 0 spiro atoms. The molecule has 2 amide bonds. The summed E-state index contributed by atoms with van der Waals surface area (Å²) in [5.41, 5.74) is 1.50. The summed E-state index contributed by atoms with van der Waals surface area (Å²) in [7, 11) is -3.28. The number of ether oxygens (including phenoxy) is 1. The highest BCUT2D eigenvalue weighted by Crippen LogP contribution is 2.36. The number of amides is 2. The number of nitro groups is 1. The smallest absolute Gasteiger partial charge is 0.273 e. The molecular formula is C32H39ClN4O7S. The molecule has 45 heavy (non-hydrogen) atoms. The molecule has 0 aromatic heterocycles. The van der Waals surface area contributed by atoms with Crippen LogP contribution in [0.15, 0.2) is 65.6 Å². The molecular weight excluding hydrogens is 620 g/mol. The van der Waals surface area contributed by atoms with Crippen molar-refractivity contribution >= 4 is 44.8 Å². The van der Waals surface area contributed by atoms with Gasteiger partial charge in [0.15, 0.2) is 0 Å². The fraction of sp³-hybridized carbons (Fsp3) is 0.375. The number of sulfonamides is 1. The van der Waals surface area contributed by atoms with Crippen molar-refractivity contribution < 1.29 is 27.7 Å². The third kappa shape index (κ3) is 8.31. The van der Waals surface area contributed by atoms with Gasteiger partial charge < -0.3 is 15.0 Å². The number of nitro benzene ring substituents is 1. The molecule has 2 unspecified atom stereocenters. The lowest BCUT2D eigenvalue weighted by molar-refractivity contribution is -0.385. The van der Waals surface area contributed by atoms with Crippen molar-refractivity contribution in [3.8, 4) is 5.75 Å². The van der Waals surface area contributed by atoms with Gasteiger partial charge in [0, 0.05) is 29.2 Å². The number of benzene rings is 3. The summed E-state index contributed by atoms with van der Waals surface area (Å²) >= 11 is 6.29. The highest BCUT2D eigenvalue weighted by Gasteiger charge is 2.36. The van der Waals surface area contributed by atoms with Crippen molar-refractivity contribution in [2.75, 3.05) is 18.0 Å². The Morgan fingerprint density at radius 3 is 2.31 bits per heavy atom. The lowest BCUT2D eigenvalue weighted by Gasteiger charge is -2.34. The number of aryl methyl sites for hydroxylation is 2. The van der Waals surface area contributed by atoms with Crippen LogP contribution in [-0.4, -0.2) is 55.8 Å². The summed E-state index contributed by atoms with van der Waals surface area (Å²) < 4.78 is 34.8. The van der Waals surface area contributed by atoms with E-state index in [2.05, 4.69) is 5.32 Å². The number of carbonyl (C=O) groups excluding carboxylic acids is 2. The molecule has 3 rings (SSSR count). The van der Waals surface area contributed by atoms with Crippen molar-refractivity contribution in [2.45, 2.75) is 71.0 Å². The van der Waals surface area contributed by atoms with Gasteiger partial charge in [-0.3, -0.25) is 24.0 Å². The first-order valence-corrected chi connectivity index (χ1v) is 16.3. The van der Waals surface area contributed by atoms with Gasteiger partial charge in [0.25, 0.3) is 15.7 Å². The molecule has 0 saturated heterocycles. The number of hydrogen-bond donors (Lipinski definition) is 1. The van der Waals surface area contributed by atoms with E-state index in [9.17, 15) is 28.1 Å². The largest absolute Gasteiger partial charge is 0.495 e. The van der Waals surface area contributed by atoms with Crippen molar-refractivity contribution in [3.05, 3.63) is 92.5 Å². The van der Waals surface area contributed by atoms with Crippen LogP contribution in [-0.2, 0) is 26.2 Å². The zero-order valence-corrected chi connectivity index (χ0v) is 27.8. The lowest BCUT2D eigenvalue weighted by atomic mass is 10.1. The fourth-order valence-corrected chi connectivity index (χ4v) is 6.38. The predicted octanol–water partition coefficient (Wildman–Crippen LogP) is 5.79. The zero-order valence-electron chi connectivity index (χ0n) is 26.2. The Kier molecular flexibility index (Phi) is 11.9. The first-order chi connectivity index (χ1) is 21.2. The number of anilines is 1. The van der Waals surface area contributed by atoms with Crippen molar-refractivity contribution in [1.29, 1.82) is 0 Å². The highest BCUT2D eigenvalue weighted by atomic mass is 35.5. The summed E-state index contributed by atoms with van der Waals surface area (Å²) in [6, 6.07) is 14.2. The Bertz CT molecular complexity index is 1660. The van der Waals surface area contributed by atoms with Gasteiger partial charge in [0.2, 0.25) is 11.8 Å². The average molecular weight is 659 g/mol. The molecule has 3 aromatic carbocycles. The van der Waals surface area contributed by atoms with Crippen LogP contribution in [0.3, 0.4) is 0 Å². The first kappa shape index (κ1) is 35.3. The predicted molar refractivity (Wildman–Crippen MR) is 174 cm³/mol. The minimum Gasteiger partial charge on any atom is -0.495 e. The number of hydrogen-bond acceptors (Lipinski definition) is 7. The Morgan fingerprint density at radius 2 is 1.71 bits per heavy atom. The molecule has 3 aromatic rings. The first-order valence-electron chi connectivity index (χ1n) is 14.5. The van der Waals surface area contributed by atoms with Gasteiger partial charge in [0.1, 0.15) is 18.3 Å². The molecule has 0 saturated carbocycles. The highest BCUT2D eigenvalue weighted by molar-refractivity contribution is 7.92. The van der Waals surface area contributed by atoms with Crippen LogP contribution in [0.4, 0.5) is 11.4 Å². The van der Waals surface area contributed by atoms with Crippen molar-refractivity contribution in [1.82, 2.24) is 10.2 Å². The molecule has 13 heteroatoms. The Morgan fingerprint density at radius 1 is 1.02 bits per heavy atom. The Labute approximate surface area is 269 Å². The van der Waals surface area contributed by atoms with Crippen molar-refractivity contribution in [2.24, 2.45) is 0 Å². The second-order valence-electron chi connectivity index (χ2n) is 10.7. The van der Waals surface area contributed by atoms with Gasteiger partial charge in [0.05, 0.1) is 22.6 Å². The number of nitrogens with zero attached hydrogens (tertiary/aromatic N) is 3. The monoisotopic (exact) mass is 658 g/mol. The normalized spacial score (nSPS) is 12.6. The Balaban J connectivity index is 2.20. The molecule has 0 aliphatic rings. The molecule has 1 N–H and O–H groups in total. The summed E-state index contributed by atoms with van der Waals surface area (Å²) in [5.74, 6) is -0.932. The van der Waals surface area contributed by atoms with Crippen LogP contribution in [0, 0.1) is 24.0 Å². The number of carbonyl (C=O) groups is 2. The van der Waals surface area contributed by atoms with Gasteiger partial charge in [-0.15, -0.1) is 0 Å². The molecule has 0 fully saturated rings. The van der Waals surface area contributed by atoms with Gasteiger partial charge in [-0.25, -0.2) is 8.42 Å². The van der Waals surface area contributed by atoms with Gasteiger partial charge in [-0.2, -0.15) is 0 Å². The second kappa shape index (κ2) is 15.2. The van der Waals surface area contributed by atoms with Crippen LogP contribution in [0.25, 0.3) is 0 Å². The van der Waals surface area contributed by atoms with Gasteiger partial charge in [-0.1, -0.05) is 55.8 Å². The van der Waals surface area contributed by atoms with Crippen LogP contribution in [0.5, 0.6) is 5.75 Å². The molecule has 0 aliphatic carbocycles. The molecule has 0 heterocycles. The van der Waals surface area contributed by atoms with Crippen LogP contribution >= 0.6 is 11.6 Å². The maximum Gasteiger partial charge on any atom is 0.273 e. The quantitative estimate of drug-likeness (QED) is 0.171. The molecule has 11 nitrogen and oxygen atoms in total. The average Bonchev–Trinajstić information content (AvgIpc) is 3.00. The van der Waals surface area contributed by atoms with E-state index >= 15 is 0 Å². The zero-order chi connectivity index (χ0) is 33.5. The molecule has 0 aliphatic heterocycles. The minimum absolute atomic E-state index is 0.0362. The van der Waals surface area contributed by atoms with Crippen molar-refractivity contribution in [3.63, 3.8) is 0 Å². The van der Waals surface area contributed by atoms with E-state index in [4.69, 9.17) is 16.3 Å². The van der Waals surface area contributed by atoms with Crippen LogP contribution in [0.2, 0.25) is 5.02 Å². The summed E-state index contributed by atoms with van der Waals surface area (Å²) in [4.78, 5) is 39.8. The SMILES string of the molecule is CCC(C)NC(=O)C(CC)N(Cc1ccccc1C)C(=O)CN(c1cc(Cl)ccc1OC)S(=O)(=O)c1ccc(C)c([N+](=O)[O-])c1. The maximum atomic E-state index is 14.4. The standard InChI is InChI=1S/C32H39ClN4O7S/c1-7-23(5)34-32(39)27(8-2)35(19-24-12-10-9-11-21(24)3)31(38)20-36(29-17-25(33)14-16-30(29)44-6)45(42,43)26-15-13-22(4)28(18-26)37(40)41/h9-18,23,27H,7-8,19-20H2,1-6H3,(H,34,39). The van der Waals surface area contributed by atoms with Gasteiger partial charge >= 0.3 is 0 Å². The second-order valence-corrected chi connectivity index (χ2v) is 13.0. The summed E-state index contributed by atoms with van der Waals surface area (Å²) in [6.45, 7) is 8.23. The number of halogens is 1. The summed E-state index contributed by atoms with van der Waals surface area (Å²) in [6.07, 6.45) is 0.939. The topological polar surface area (TPSA) is 139 Å². The number of methoxy groups -OCH3 is 1. The van der Waals surface area contributed by atoms with E-state index in [0.29, 0.717) is 6.42 Å². The van der Waals surface area contributed by atoms with E-state index < -0.39 is 44.0 Å². The maximum absolute atomic E-state index is 14.4. The fourth-order valence-electron chi connectivity index (χ4n) is 4.78. The van der Waals surface area contributed by atoms with Crippen LogP contribution in [0.1, 0.15) is 50.3 Å².